The molecule has 0 aromatic heterocycles. The molecule has 9 nitrogen and oxygen atoms in total. The van der Waals surface area contributed by atoms with E-state index in [0.717, 1.165) is 0 Å². The molecule has 0 saturated heterocycles. The van der Waals surface area contributed by atoms with E-state index in [1.54, 1.807) is 36.4 Å². The van der Waals surface area contributed by atoms with Crippen molar-refractivity contribution in [1.82, 2.24) is 0 Å². The van der Waals surface area contributed by atoms with Gasteiger partial charge in [0.15, 0.2) is 0 Å². The van der Waals surface area contributed by atoms with Gasteiger partial charge in [0.05, 0.1) is 0 Å². The van der Waals surface area contributed by atoms with Gasteiger partial charge in [-0.3, -0.25) is 0 Å². The second kappa shape index (κ2) is 13.0. The topological polar surface area (TPSA) is 122 Å². The van der Waals surface area contributed by atoms with E-state index in [-0.39, 0.29) is 9.79 Å². The van der Waals surface area contributed by atoms with Crippen LogP contribution in [0.1, 0.15) is 13.8 Å². The van der Waals surface area contributed by atoms with Gasteiger partial charge in [-0.05, 0) is 35.8 Å². The van der Waals surface area contributed by atoms with Crippen molar-refractivity contribution in [2.75, 3.05) is 25.1 Å². The third-order valence-electron chi connectivity index (χ3n) is 3.56. The zero-order valence-electron chi connectivity index (χ0n) is 17.2. The van der Waals surface area contributed by atoms with E-state index in [9.17, 15) is 21.4 Å². The Morgan fingerprint density at radius 3 is 1.47 bits per heavy atom. The van der Waals surface area contributed by atoms with Crippen LogP contribution in [0.5, 0.6) is 0 Å². The summed E-state index contributed by atoms with van der Waals surface area (Å²) in [5, 5.41) is 0. The summed E-state index contributed by atoms with van der Waals surface area (Å²) in [7, 11) is -11.2. The van der Waals surface area contributed by atoms with Crippen LogP contribution >= 0.6 is 31.8 Å². The van der Waals surface area contributed by atoms with Crippen LogP contribution < -0.4 is 0 Å². The first-order valence-corrected chi connectivity index (χ1v) is 15.0. The van der Waals surface area contributed by atoms with E-state index in [1.807, 2.05) is 13.8 Å². The molecule has 0 aliphatic carbocycles. The fourth-order valence-corrected chi connectivity index (χ4v) is 6.86. The normalized spacial score (nSPS) is 12.1. The smallest absolute Gasteiger partial charge is 0.232 e. The van der Waals surface area contributed by atoms with E-state index in [1.165, 1.54) is 35.7 Å². The van der Waals surface area contributed by atoms with Gasteiger partial charge in [0.25, 0.3) is 0 Å². The van der Waals surface area contributed by atoms with Crippen molar-refractivity contribution in [3.8, 4) is 0 Å². The lowest BCUT2D eigenvalue weighted by Gasteiger charge is -2.08. The summed E-state index contributed by atoms with van der Waals surface area (Å²) >= 11 is 2.65. The van der Waals surface area contributed by atoms with E-state index in [0.29, 0.717) is 21.3 Å². The fourth-order valence-electron chi connectivity index (χ4n) is 2.28. The van der Waals surface area contributed by atoms with Gasteiger partial charge in [-0.1, -0.05) is 47.2 Å². The summed E-state index contributed by atoms with van der Waals surface area (Å²) in [6.45, 7) is 1.99. The molecule has 0 radical (unpaired) electrons. The summed E-state index contributed by atoms with van der Waals surface area (Å²) in [5.74, 6) is 1.32. The molecule has 0 bridgehead atoms. The van der Waals surface area contributed by atoms with Crippen molar-refractivity contribution in [2.45, 2.75) is 33.4 Å². The van der Waals surface area contributed by atoms with Gasteiger partial charge >= 0.3 is 28.5 Å². The molecule has 2 rings (SSSR count). The number of hydrogen-bond donors (Lipinski definition) is 0. The SMILES string of the molecule is CCSc1ccccc1S(=O)(=O)OCO[P+](=O)OCOS(=O)(=O)c1ccccc1SCC. The van der Waals surface area contributed by atoms with Gasteiger partial charge in [0.1, 0.15) is 9.79 Å². The summed E-state index contributed by atoms with van der Waals surface area (Å²) in [4.78, 5) is 0.945. The Hall–Kier alpha value is -1.02. The Balaban J connectivity index is 1.85. The molecule has 0 fully saturated rings. The molecule has 2 aromatic carbocycles. The van der Waals surface area contributed by atoms with Gasteiger partial charge in [-0.2, -0.15) is 16.8 Å². The van der Waals surface area contributed by atoms with E-state index in [4.69, 9.17) is 8.37 Å². The maximum atomic E-state index is 12.3. The Bertz CT molecular complexity index is 1030. The van der Waals surface area contributed by atoms with Gasteiger partial charge < -0.3 is 0 Å². The molecule has 176 valence electrons. The first-order chi connectivity index (χ1) is 15.2. The third-order valence-corrected chi connectivity index (χ3v) is 8.96. The second-order valence-electron chi connectivity index (χ2n) is 5.62. The number of hydrogen-bond acceptors (Lipinski definition) is 11. The van der Waals surface area contributed by atoms with Crippen LogP contribution in [0.25, 0.3) is 0 Å². The standard InChI is InChI=1S/C18H22O9PS4/c1-3-29-15-9-5-7-11-17(15)31(20,21)26-13-24-28(19)25-14-27-32(22,23)18-12-8-6-10-16(18)30-4-2/h5-12H,3-4,13-14H2,1-2H3/q+1. The molecular formula is C18H22O9PS4+. The molecule has 2 aromatic rings. The van der Waals surface area contributed by atoms with Crippen LogP contribution in [-0.4, -0.2) is 41.9 Å². The van der Waals surface area contributed by atoms with Crippen molar-refractivity contribution in [1.29, 1.82) is 0 Å². The van der Waals surface area contributed by atoms with Crippen LogP contribution in [-0.2, 0) is 42.2 Å². The molecule has 0 spiro atoms. The van der Waals surface area contributed by atoms with Crippen molar-refractivity contribution >= 4 is 52.0 Å². The van der Waals surface area contributed by atoms with Gasteiger partial charge in [0, 0.05) is 14.4 Å². The number of thioether (sulfide) groups is 2. The average molecular weight is 542 g/mol. The van der Waals surface area contributed by atoms with E-state index < -0.39 is 42.1 Å². The Kier molecular flexibility index (Phi) is 11.1. The highest BCUT2D eigenvalue weighted by Crippen LogP contribution is 2.30. The van der Waals surface area contributed by atoms with Crippen molar-refractivity contribution in [3.63, 3.8) is 0 Å². The van der Waals surface area contributed by atoms with Crippen molar-refractivity contribution < 1.29 is 38.8 Å². The summed E-state index contributed by atoms with van der Waals surface area (Å²) in [5.41, 5.74) is 0. The largest absolute Gasteiger partial charge is 0.702 e. The molecule has 0 saturated carbocycles. The van der Waals surface area contributed by atoms with Crippen LogP contribution in [0.4, 0.5) is 0 Å². The minimum atomic E-state index is -4.16. The first kappa shape index (κ1) is 27.2. The lowest BCUT2D eigenvalue weighted by Crippen LogP contribution is -2.11. The zero-order chi connectivity index (χ0) is 23.6. The lowest BCUT2D eigenvalue weighted by molar-refractivity contribution is 0.0752. The molecule has 0 unspecified atom stereocenters. The Morgan fingerprint density at radius 1 is 0.719 bits per heavy atom. The Morgan fingerprint density at radius 2 is 1.09 bits per heavy atom. The minimum Gasteiger partial charge on any atom is -0.232 e. The van der Waals surface area contributed by atoms with Gasteiger partial charge in [-0.15, -0.1) is 23.5 Å². The number of rotatable bonds is 14. The molecule has 32 heavy (non-hydrogen) atoms. The predicted molar refractivity (Wildman–Crippen MR) is 122 cm³/mol. The quantitative estimate of drug-likeness (QED) is 0.144. The molecule has 0 atom stereocenters. The highest BCUT2D eigenvalue weighted by atomic mass is 32.2. The second-order valence-corrected chi connectivity index (χ2v) is 12.4. The molecule has 0 N–H and O–H groups in total. The highest BCUT2D eigenvalue weighted by Gasteiger charge is 2.27. The van der Waals surface area contributed by atoms with Gasteiger partial charge in [0.2, 0.25) is 13.6 Å². The third kappa shape index (κ3) is 8.08. The minimum absolute atomic E-state index is 0.0374. The van der Waals surface area contributed by atoms with Crippen molar-refractivity contribution in [2.24, 2.45) is 0 Å². The molecule has 0 aliphatic heterocycles. The van der Waals surface area contributed by atoms with E-state index >= 15 is 0 Å². The average Bonchev–Trinajstić information content (AvgIpc) is 2.74. The fraction of sp³-hybridized carbons (Fsp3) is 0.333. The van der Waals surface area contributed by atoms with Crippen LogP contribution in [0, 0.1) is 0 Å². The summed E-state index contributed by atoms with van der Waals surface area (Å²) in [6.07, 6.45) is 0. The number of benzene rings is 2. The molecule has 0 amide bonds. The lowest BCUT2D eigenvalue weighted by atomic mass is 10.4. The van der Waals surface area contributed by atoms with Crippen LogP contribution in [0.3, 0.4) is 0 Å². The predicted octanol–water partition coefficient (Wildman–Crippen LogP) is 4.63. The maximum Gasteiger partial charge on any atom is 0.702 e. The molecular weight excluding hydrogens is 519 g/mol. The summed E-state index contributed by atoms with van der Waals surface area (Å²) < 4.78 is 80.0. The van der Waals surface area contributed by atoms with Crippen LogP contribution in [0.2, 0.25) is 0 Å². The van der Waals surface area contributed by atoms with Gasteiger partial charge in [-0.25, -0.2) is 8.37 Å². The highest BCUT2D eigenvalue weighted by molar-refractivity contribution is 8.00. The zero-order valence-corrected chi connectivity index (χ0v) is 21.4. The van der Waals surface area contributed by atoms with Crippen molar-refractivity contribution in [3.05, 3.63) is 48.5 Å². The molecule has 14 heteroatoms. The molecule has 0 aliphatic rings. The van der Waals surface area contributed by atoms with E-state index in [2.05, 4.69) is 9.05 Å². The van der Waals surface area contributed by atoms with Crippen LogP contribution in [0.15, 0.2) is 68.1 Å². The first-order valence-electron chi connectivity index (χ1n) is 9.17. The maximum absolute atomic E-state index is 12.3. The Labute approximate surface area is 197 Å². The monoisotopic (exact) mass is 541 g/mol. The summed E-state index contributed by atoms with van der Waals surface area (Å²) in [6, 6.07) is 12.6. The molecule has 0 heterocycles.